The number of hydrogen-bond donors (Lipinski definition) is 1. The van der Waals surface area contributed by atoms with Crippen molar-refractivity contribution in [2.45, 2.75) is 59.4 Å². The Balaban J connectivity index is 1.73. The van der Waals surface area contributed by atoms with Gasteiger partial charge in [0.05, 0.1) is 6.04 Å². The van der Waals surface area contributed by atoms with Gasteiger partial charge in [-0.1, -0.05) is 39.8 Å². The third-order valence-corrected chi connectivity index (χ3v) is 7.28. The van der Waals surface area contributed by atoms with Crippen molar-refractivity contribution in [3.63, 3.8) is 0 Å². The van der Waals surface area contributed by atoms with Crippen molar-refractivity contribution in [2.24, 2.45) is 5.92 Å². The summed E-state index contributed by atoms with van der Waals surface area (Å²) in [5.41, 5.74) is 2.43. The van der Waals surface area contributed by atoms with E-state index in [1.807, 2.05) is 24.0 Å². The summed E-state index contributed by atoms with van der Waals surface area (Å²) in [7, 11) is 0. The maximum absolute atomic E-state index is 13.5. The number of nitrogens with zero attached hydrogens (tertiary/aromatic N) is 2. The van der Waals surface area contributed by atoms with Crippen LogP contribution in [0.15, 0.2) is 35.7 Å². The highest BCUT2D eigenvalue weighted by molar-refractivity contribution is 7.10. The van der Waals surface area contributed by atoms with E-state index in [0.29, 0.717) is 38.1 Å². The maximum atomic E-state index is 13.5. The van der Waals surface area contributed by atoms with Gasteiger partial charge in [0.25, 0.3) is 0 Å². The second-order valence-corrected chi connectivity index (χ2v) is 10.6. The molecule has 0 spiro atoms. The number of benzene rings is 1. The first-order valence-electron chi connectivity index (χ1n) is 12.4. The van der Waals surface area contributed by atoms with Gasteiger partial charge in [-0.2, -0.15) is 0 Å². The first kappa shape index (κ1) is 26.1. The molecule has 1 unspecified atom stereocenters. The molecular formula is C27H39N3O3S. The highest BCUT2D eigenvalue weighted by atomic mass is 32.1. The highest BCUT2D eigenvalue weighted by Gasteiger charge is 2.33. The SMILES string of the molecule is CCNC(=O)N(CCC(C)C)CC(=O)N1CCc2sccc2C1COc1ccc(C(C)C)cc1. The molecule has 0 saturated carbocycles. The Bertz CT molecular complexity index is 939. The van der Waals surface area contributed by atoms with Crippen LogP contribution in [-0.4, -0.2) is 54.5 Å². The van der Waals surface area contributed by atoms with Crippen LogP contribution in [0.2, 0.25) is 0 Å². The van der Waals surface area contributed by atoms with Crippen LogP contribution in [0.25, 0.3) is 0 Å². The summed E-state index contributed by atoms with van der Waals surface area (Å²) in [6.07, 6.45) is 1.70. The summed E-state index contributed by atoms with van der Waals surface area (Å²) >= 11 is 1.74. The smallest absolute Gasteiger partial charge is 0.317 e. The number of hydrogen-bond acceptors (Lipinski definition) is 4. The molecule has 0 fully saturated rings. The summed E-state index contributed by atoms with van der Waals surface area (Å²) in [6, 6.07) is 9.97. The molecule has 3 amide bonds. The van der Waals surface area contributed by atoms with E-state index >= 15 is 0 Å². The molecule has 2 heterocycles. The van der Waals surface area contributed by atoms with E-state index < -0.39 is 0 Å². The number of nitrogens with one attached hydrogen (secondary N) is 1. The first-order chi connectivity index (χ1) is 16.3. The van der Waals surface area contributed by atoms with Crippen LogP contribution >= 0.6 is 11.3 Å². The van der Waals surface area contributed by atoms with E-state index in [0.717, 1.165) is 24.2 Å². The normalized spacial score (nSPS) is 15.4. The summed E-state index contributed by atoms with van der Waals surface area (Å²) in [5, 5.41) is 4.94. The van der Waals surface area contributed by atoms with Gasteiger partial charge in [-0.25, -0.2) is 4.79 Å². The fourth-order valence-electron chi connectivity index (χ4n) is 4.18. The molecule has 0 bridgehead atoms. The van der Waals surface area contributed by atoms with Crippen molar-refractivity contribution < 1.29 is 14.3 Å². The molecule has 1 N–H and O–H groups in total. The van der Waals surface area contributed by atoms with Gasteiger partial charge in [-0.3, -0.25) is 4.79 Å². The Hall–Kier alpha value is -2.54. The number of carbonyl (C=O) groups is 2. The number of amides is 3. The second kappa shape index (κ2) is 12.2. The van der Waals surface area contributed by atoms with Crippen LogP contribution in [-0.2, 0) is 11.2 Å². The third kappa shape index (κ3) is 6.75. The molecule has 1 aliphatic rings. The van der Waals surface area contributed by atoms with Gasteiger partial charge >= 0.3 is 6.03 Å². The van der Waals surface area contributed by atoms with E-state index in [9.17, 15) is 9.59 Å². The van der Waals surface area contributed by atoms with Crippen molar-refractivity contribution in [3.8, 4) is 5.75 Å². The lowest BCUT2D eigenvalue weighted by Crippen LogP contribution is -2.50. The molecular weight excluding hydrogens is 446 g/mol. The molecule has 1 aromatic heterocycles. The number of rotatable bonds is 10. The monoisotopic (exact) mass is 485 g/mol. The highest BCUT2D eigenvalue weighted by Crippen LogP contribution is 2.34. The molecule has 6 nitrogen and oxygen atoms in total. The molecule has 34 heavy (non-hydrogen) atoms. The van der Waals surface area contributed by atoms with Crippen LogP contribution in [0.5, 0.6) is 5.75 Å². The van der Waals surface area contributed by atoms with Gasteiger partial charge in [-0.05, 0) is 66.3 Å². The van der Waals surface area contributed by atoms with E-state index in [-0.39, 0.29) is 24.5 Å². The minimum absolute atomic E-state index is 0.0318. The quantitative estimate of drug-likeness (QED) is 0.486. The minimum atomic E-state index is -0.178. The zero-order chi connectivity index (χ0) is 24.7. The molecule has 0 saturated heterocycles. The average molecular weight is 486 g/mol. The Labute approximate surface area is 208 Å². The summed E-state index contributed by atoms with van der Waals surface area (Å²) in [5.74, 6) is 1.70. The van der Waals surface area contributed by atoms with Crippen LogP contribution < -0.4 is 10.1 Å². The lowest BCUT2D eigenvalue weighted by Gasteiger charge is -2.37. The van der Waals surface area contributed by atoms with Crippen molar-refractivity contribution in [1.29, 1.82) is 0 Å². The zero-order valence-electron chi connectivity index (χ0n) is 21.2. The van der Waals surface area contributed by atoms with Gasteiger partial charge in [0.2, 0.25) is 5.91 Å². The first-order valence-corrected chi connectivity index (χ1v) is 13.3. The Morgan fingerprint density at radius 3 is 2.56 bits per heavy atom. The fraction of sp³-hybridized carbons (Fsp3) is 0.556. The Morgan fingerprint density at radius 1 is 1.18 bits per heavy atom. The minimum Gasteiger partial charge on any atom is -0.491 e. The zero-order valence-corrected chi connectivity index (χ0v) is 22.0. The van der Waals surface area contributed by atoms with E-state index in [4.69, 9.17) is 4.74 Å². The van der Waals surface area contributed by atoms with Gasteiger partial charge < -0.3 is 19.9 Å². The molecule has 0 aliphatic carbocycles. The standard InChI is InChI=1S/C27H39N3O3S/c1-6-28-27(32)29(14-11-19(2)3)17-26(31)30-15-12-25-23(13-16-34-25)24(30)18-33-22-9-7-21(8-10-22)20(4)5/h7-10,13,16,19-20,24H,6,11-12,14-15,17-18H2,1-5H3,(H,28,32). The summed E-state index contributed by atoms with van der Waals surface area (Å²) in [4.78, 5) is 31.0. The van der Waals surface area contributed by atoms with Crippen LogP contribution in [0, 0.1) is 5.92 Å². The van der Waals surface area contributed by atoms with Gasteiger partial charge in [-0.15, -0.1) is 11.3 Å². The second-order valence-electron chi connectivity index (χ2n) is 9.63. The van der Waals surface area contributed by atoms with E-state index in [1.165, 1.54) is 10.4 Å². The van der Waals surface area contributed by atoms with Crippen molar-refractivity contribution in [3.05, 3.63) is 51.7 Å². The largest absolute Gasteiger partial charge is 0.491 e. The number of urea groups is 1. The summed E-state index contributed by atoms with van der Waals surface area (Å²) in [6.45, 7) is 12.7. The summed E-state index contributed by atoms with van der Waals surface area (Å²) < 4.78 is 6.17. The predicted octanol–water partition coefficient (Wildman–Crippen LogP) is 5.45. The molecule has 186 valence electrons. The van der Waals surface area contributed by atoms with E-state index in [1.54, 1.807) is 16.2 Å². The molecule has 1 atom stereocenters. The molecule has 7 heteroatoms. The fourth-order valence-corrected chi connectivity index (χ4v) is 5.11. The van der Waals surface area contributed by atoms with Crippen molar-refractivity contribution in [2.75, 3.05) is 32.8 Å². The van der Waals surface area contributed by atoms with Gasteiger partial charge in [0.15, 0.2) is 0 Å². The van der Waals surface area contributed by atoms with Crippen molar-refractivity contribution >= 4 is 23.3 Å². The number of ether oxygens (including phenoxy) is 1. The number of carbonyl (C=O) groups excluding carboxylic acids is 2. The Morgan fingerprint density at radius 2 is 1.91 bits per heavy atom. The molecule has 3 rings (SSSR count). The van der Waals surface area contributed by atoms with Crippen LogP contribution in [0.1, 0.15) is 69.0 Å². The topological polar surface area (TPSA) is 61.9 Å². The van der Waals surface area contributed by atoms with E-state index in [2.05, 4.69) is 56.6 Å². The molecule has 0 radical (unpaired) electrons. The average Bonchev–Trinajstić information content (AvgIpc) is 3.29. The molecule has 2 aromatic rings. The lowest BCUT2D eigenvalue weighted by molar-refractivity contribution is -0.135. The van der Waals surface area contributed by atoms with Crippen LogP contribution in [0.3, 0.4) is 0 Å². The van der Waals surface area contributed by atoms with Gasteiger partial charge in [0.1, 0.15) is 18.9 Å². The number of thiophene rings is 1. The van der Waals surface area contributed by atoms with Crippen molar-refractivity contribution in [1.82, 2.24) is 15.1 Å². The van der Waals surface area contributed by atoms with Crippen LogP contribution in [0.4, 0.5) is 4.79 Å². The molecule has 1 aromatic carbocycles. The maximum Gasteiger partial charge on any atom is 0.317 e. The third-order valence-electron chi connectivity index (χ3n) is 6.29. The Kier molecular flexibility index (Phi) is 9.39. The van der Waals surface area contributed by atoms with Gasteiger partial charge in [0, 0.05) is 24.5 Å². The number of fused-ring (bicyclic) bond motifs is 1. The predicted molar refractivity (Wildman–Crippen MR) is 139 cm³/mol. The molecule has 1 aliphatic heterocycles. The lowest BCUT2D eigenvalue weighted by atomic mass is 10.00.